The number of nitrogens with one attached hydrogen (secondary N) is 1. The molecule has 0 bridgehead atoms. The van der Waals surface area contributed by atoms with Crippen LogP contribution in [0.2, 0.25) is 0 Å². The summed E-state index contributed by atoms with van der Waals surface area (Å²) < 4.78 is 5.48. The predicted molar refractivity (Wildman–Crippen MR) is 63.0 cm³/mol. The van der Waals surface area contributed by atoms with Crippen LogP contribution in [-0.4, -0.2) is 16.7 Å². The molecule has 4 heteroatoms. The molecule has 3 rings (SSSR count). The monoisotopic (exact) mass is 232 g/mol. The first-order valence-electron chi connectivity index (χ1n) is 5.82. The van der Waals surface area contributed by atoms with Crippen molar-refractivity contribution >= 4 is 6.09 Å². The molecule has 1 N–H and O–H groups in total. The van der Waals surface area contributed by atoms with Crippen molar-refractivity contribution in [2.24, 2.45) is 0 Å². The highest BCUT2D eigenvalue weighted by molar-refractivity contribution is 5.73. The van der Waals surface area contributed by atoms with E-state index in [0.717, 1.165) is 5.56 Å². The second kappa shape index (κ2) is 3.01. The van der Waals surface area contributed by atoms with E-state index in [1.807, 2.05) is 32.9 Å². The first-order chi connectivity index (χ1) is 7.97. The van der Waals surface area contributed by atoms with E-state index in [4.69, 9.17) is 4.74 Å². The van der Waals surface area contributed by atoms with Crippen LogP contribution in [0.4, 0.5) is 4.79 Å². The van der Waals surface area contributed by atoms with Crippen LogP contribution < -0.4 is 5.43 Å². The molecule has 0 radical (unpaired) electrons. The Morgan fingerprint density at radius 2 is 2.00 bits per heavy atom. The van der Waals surface area contributed by atoms with Gasteiger partial charge in [0.05, 0.1) is 0 Å². The summed E-state index contributed by atoms with van der Waals surface area (Å²) in [5.41, 5.74) is 4.52. The van der Waals surface area contributed by atoms with E-state index < -0.39 is 11.1 Å². The molecule has 17 heavy (non-hydrogen) atoms. The molecule has 1 fully saturated rings. The standard InChI is InChI=1S/C13H16N2O2/c1-12(2)13(3)10-7-5-4-6-9(10)8-14-15(13)11(16)17-12/h4-7,14H,8H2,1-3H3. The zero-order valence-corrected chi connectivity index (χ0v) is 10.3. The molecule has 2 heterocycles. The predicted octanol–water partition coefficient (Wildman–Crippen LogP) is 2.15. The van der Waals surface area contributed by atoms with Gasteiger partial charge >= 0.3 is 6.09 Å². The van der Waals surface area contributed by atoms with Crippen molar-refractivity contribution in [1.82, 2.24) is 10.4 Å². The summed E-state index contributed by atoms with van der Waals surface area (Å²) in [5, 5.41) is 1.62. The molecule has 0 aliphatic carbocycles. The molecule has 1 atom stereocenters. The van der Waals surface area contributed by atoms with Gasteiger partial charge in [-0.1, -0.05) is 24.3 Å². The minimum absolute atomic E-state index is 0.299. The summed E-state index contributed by atoms with van der Waals surface area (Å²) in [6.07, 6.45) is -0.299. The highest BCUT2D eigenvalue weighted by Crippen LogP contribution is 2.48. The molecule has 1 unspecified atom stereocenters. The maximum atomic E-state index is 11.9. The van der Waals surface area contributed by atoms with Crippen LogP contribution in [0.15, 0.2) is 24.3 Å². The first kappa shape index (κ1) is 10.6. The van der Waals surface area contributed by atoms with E-state index in [9.17, 15) is 4.79 Å². The molecular weight excluding hydrogens is 216 g/mol. The van der Waals surface area contributed by atoms with Gasteiger partial charge in [0.15, 0.2) is 0 Å². The fourth-order valence-corrected chi connectivity index (χ4v) is 2.80. The van der Waals surface area contributed by atoms with Gasteiger partial charge in [0.2, 0.25) is 0 Å². The van der Waals surface area contributed by atoms with Crippen molar-refractivity contribution in [3.05, 3.63) is 35.4 Å². The smallest absolute Gasteiger partial charge is 0.425 e. The Bertz CT molecular complexity index is 498. The lowest BCUT2D eigenvalue weighted by Crippen LogP contribution is -2.59. The van der Waals surface area contributed by atoms with Gasteiger partial charge < -0.3 is 4.74 Å². The lowest BCUT2D eigenvalue weighted by molar-refractivity contribution is 0.00527. The van der Waals surface area contributed by atoms with Crippen LogP contribution in [0.3, 0.4) is 0 Å². The third kappa shape index (κ3) is 1.13. The first-order valence-corrected chi connectivity index (χ1v) is 5.82. The van der Waals surface area contributed by atoms with E-state index in [2.05, 4.69) is 17.6 Å². The fourth-order valence-electron chi connectivity index (χ4n) is 2.80. The van der Waals surface area contributed by atoms with Gasteiger partial charge in [0.25, 0.3) is 0 Å². The number of ether oxygens (including phenoxy) is 1. The highest BCUT2D eigenvalue weighted by Gasteiger charge is 2.60. The quantitative estimate of drug-likeness (QED) is 0.745. The normalized spacial score (nSPS) is 29.6. The van der Waals surface area contributed by atoms with E-state index >= 15 is 0 Å². The summed E-state index contributed by atoms with van der Waals surface area (Å²) in [7, 11) is 0. The van der Waals surface area contributed by atoms with E-state index in [-0.39, 0.29) is 6.09 Å². The second-order valence-corrected chi connectivity index (χ2v) is 5.28. The number of hydrogen-bond donors (Lipinski definition) is 1. The molecule has 1 saturated heterocycles. The third-order valence-electron chi connectivity index (χ3n) is 4.11. The number of rotatable bonds is 0. The molecule has 0 aromatic heterocycles. The van der Waals surface area contributed by atoms with Crippen molar-refractivity contribution in [2.45, 2.75) is 38.5 Å². The zero-order chi connectivity index (χ0) is 12.3. The number of nitrogens with zero attached hydrogens (tertiary/aromatic N) is 1. The Morgan fingerprint density at radius 3 is 2.76 bits per heavy atom. The number of amides is 1. The number of hydrogen-bond acceptors (Lipinski definition) is 3. The molecule has 1 aromatic carbocycles. The van der Waals surface area contributed by atoms with E-state index in [0.29, 0.717) is 6.54 Å². The molecule has 4 nitrogen and oxygen atoms in total. The number of benzene rings is 1. The van der Waals surface area contributed by atoms with Gasteiger partial charge in [-0.25, -0.2) is 15.2 Å². The van der Waals surface area contributed by atoms with Crippen LogP contribution in [0.25, 0.3) is 0 Å². The molecule has 0 saturated carbocycles. The minimum atomic E-state index is -0.548. The molecule has 0 spiro atoms. The zero-order valence-electron chi connectivity index (χ0n) is 10.3. The largest absolute Gasteiger partial charge is 0.439 e. The number of cyclic esters (lactones) is 1. The lowest BCUT2D eigenvalue weighted by atomic mass is 9.75. The number of carbonyl (C=O) groups excluding carboxylic acids is 1. The van der Waals surface area contributed by atoms with Crippen LogP contribution >= 0.6 is 0 Å². The third-order valence-corrected chi connectivity index (χ3v) is 4.11. The van der Waals surface area contributed by atoms with Crippen molar-refractivity contribution in [3.8, 4) is 0 Å². The van der Waals surface area contributed by atoms with Crippen LogP contribution in [0.5, 0.6) is 0 Å². The number of carbonyl (C=O) groups is 1. The topological polar surface area (TPSA) is 41.6 Å². The number of hydrazine groups is 1. The van der Waals surface area contributed by atoms with Crippen molar-refractivity contribution in [1.29, 1.82) is 0 Å². The van der Waals surface area contributed by atoms with Crippen molar-refractivity contribution < 1.29 is 9.53 Å². The Morgan fingerprint density at radius 1 is 1.29 bits per heavy atom. The fraction of sp³-hybridized carbons (Fsp3) is 0.462. The Hall–Kier alpha value is -1.55. The molecule has 1 aromatic rings. The van der Waals surface area contributed by atoms with Gasteiger partial charge in [-0.15, -0.1) is 0 Å². The van der Waals surface area contributed by atoms with Crippen LogP contribution in [0.1, 0.15) is 31.9 Å². The summed E-state index contributed by atoms with van der Waals surface area (Å²) in [4.78, 5) is 11.9. The molecule has 2 aliphatic rings. The number of fused-ring (bicyclic) bond motifs is 3. The van der Waals surface area contributed by atoms with Gasteiger partial charge in [0, 0.05) is 6.54 Å². The average molecular weight is 232 g/mol. The summed E-state index contributed by atoms with van der Waals surface area (Å²) >= 11 is 0. The molecule has 90 valence electrons. The maximum absolute atomic E-state index is 11.9. The van der Waals surface area contributed by atoms with Crippen LogP contribution in [0, 0.1) is 0 Å². The maximum Gasteiger partial charge on any atom is 0.425 e. The van der Waals surface area contributed by atoms with Gasteiger partial charge in [0.1, 0.15) is 11.1 Å². The van der Waals surface area contributed by atoms with Gasteiger partial charge in [-0.05, 0) is 31.9 Å². The lowest BCUT2D eigenvalue weighted by Gasteiger charge is -2.44. The molecule has 2 aliphatic heterocycles. The summed E-state index contributed by atoms with van der Waals surface area (Å²) in [6.45, 7) is 6.61. The van der Waals surface area contributed by atoms with Crippen molar-refractivity contribution in [2.75, 3.05) is 0 Å². The SMILES string of the molecule is CC1(C)OC(=O)N2NCc3ccccc3C21C. The molecule has 1 amide bonds. The van der Waals surface area contributed by atoms with Crippen molar-refractivity contribution in [3.63, 3.8) is 0 Å². The second-order valence-electron chi connectivity index (χ2n) is 5.28. The van der Waals surface area contributed by atoms with E-state index in [1.54, 1.807) is 5.01 Å². The Labute approximate surface area is 101 Å². The van der Waals surface area contributed by atoms with Gasteiger partial charge in [-0.2, -0.15) is 0 Å². The average Bonchev–Trinajstić information content (AvgIpc) is 2.46. The Balaban J connectivity index is 2.25. The van der Waals surface area contributed by atoms with E-state index in [1.165, 1.54) is 5.56 Å². The van der Waals surface area contributed by atoms with Crippen LogP contribution in [-0.2, 0) is 16.8 Å². The Kier molecular flexibility index (Phi) is 1.88. The summed E-state index contributed by atoms with van der Waals surface area (Å²) in [6, 6.07) is 8.19. The summed E-state index contributed by atoms with van der Waals surface area (Å²) in [5.74, 6) is 0. The highest BCUT2D eigenvalue weighted by atomic mass is 16.6. The van der Waals surface area contributed by atoms with Gasteiger partial charge in [-0.3, -0.25) is 0 Å². The minimum Gasteiger partial charge on any atom is -0.439 e. The molecular formula is C13H16N2O2.